The smallest absolute Gasteiger partial charge is 0.262 e. The lowest BCUT2D eigenvalue weighted by molar-refractivity contribution is 0.212. The number of nitrogens with one attached hydrogen (secondary N) is 1. The zero-order valence-electron chi connectivity index (χ0n) is 11.2. The normalized spacial score (nSPS) is 25.2. The van der Waals surface area contributed by atoms with E-state index in [4.69, 9.17) is 5.84 Å². The highest BCUT2D eigenvalue weighted by molar-refractivity contribution is 7.89. The first kappa shape index (κ1) is 14.2. The maximum Gasteiger partial charge on any atom is 0.262 e. The second-order valence-corrected chi connectivity index (χ2v) is 6.96. The molecule has 0 aliphatic carbocycles. The van der Waals surface area contributed by atoms with E-state index in [2.05, 4.69) is 24.3 Å². The Morgan fingerprint density at radius 1 is 1.42 bits per heavy atom. The third kappa shape index (κ3) is 2.72. The molecule has 2 rings (SSSR count). The second kappa shape index (κ2) is 5.44. The average molecular weight is 284 g/mol. The molecule has 0 radical (unpaired) electrons. The zero-order chi connectivity index (χ0) is 14.0. The molecule has 0 bridgehead atoms. The highest BCUT2D eigenvalue weighted by Crippen LogP contribution is 2.28. The Labute approximate surface area is 114 Å². The van der Waals surface area contributed by atoms with Crippen molar-refractivity contribution < 1.29 is 8.42 Å². The molecule has 7 heteroatoms. The Balaban J connectivity index is 2.32. The Morgan fingerprint density at radius 2 is 2.16 bits per heavy atom. The standard InChI is InChI=1S/C12H20N4O2S/c1-9-5-7-16(8-10(9)2)19(17,18)12-11(15-13)4-3-6-14-12/h3-4,6,9-10,15H,5,7-8,13H2,1-2H3. The van der Waals surface area contributed by atoms with Crippen molar-refractivity contribution in [1.29, 1.82) is 0 Å². The van der Waals surface area contributed by atoms with Crippen molar-refractivity contribution in [2.45, 2.75) is 25.3 Å². The summed E-state index contributed by atoms with van der Waals surface area (Å²) >= 11 is 0. The van der Waals surface area contributed by atoms with Gasteiger partial charge < -0.3 is 5.43 Å². The Morgan fingerprint density at radius 3 is 2.79 bits per heavy atom. The molecule has 106 valence electrons. The number of piperidine rings is 1. The minimum absolute atomic E-state index is 0.000692. The van der Waals surface area contributed by atoms with Crippen LogP contribution in [-0.2, 0) is 10.0 Å². The molecule has 6 nitrogen and oxygen atoms in total. The Bertz CT molecular complexity index is 546. The van der Waals surface area contributed by atoms with E-state index in [-0.39, 0.29) is 5.03 Å². The molecule has 0 amide bonds. The number of nitrogens with zero attached hydrogens (tertiary/aromatic N) is 2. The molecule has 0 spiro atoms. The molecule has 2 atom stereocenters. The highest BCUT2D eigenvalue weighted by Gasteiger charge is 2.33. The quantitative estimate of drug-likeness (QED) is 0.639. The van der Waals surface area contributed by atoms with Crippen LogP contribution in [0.1, 0.15) is 20.3 Å². The van der Waals surface area contributed by atoms with Gasteiger partial charge in [0.15, 0.2) is 5.03 Å². The third-order valence-electron chi connectivity index (χ3n) is 3.81. The summed E-state index contributed by atoms with van der Waals surface area (Å²) in [5.41, 5.74) is 2.72. The largest absolute Gasteiger partial charge is 0.321 e. The van der Waals surface area contributed by atoms with E-state index in [1.807, 2.05) is 0 Å². The van der Waals surface area contributed by atoms with E-state index in [1.54, 1.807) is 12.1 Å². The number of rotatable bonds is 3. The fourth-order valence-electron chi connectivity index (χ4n) is 2.27. The first-order chi connectivity index (χ1) is 8.96. The molecule has 1 fully saturated rings. The molecular formula is C12H20N4O2S. The van der Waals surface area contributed by atoms with Gasteiger partial charge in [-0.1, -0.05) is 13.8 Å². The van der Waals surface area contributed by atoms with Gasteiger partial charge in [-0.25, -0.2) is 13.4 Å². The monoisotopic (exact) mass is 284 g/mol. The summed E-state index contributed by atoms with van der Waals surface area (Å²) in [5, 5.41) is -0.000692. The summed E-state index contributed by atoms with van der Waals surface area (Å²) in [4.78, 5) is 3.97. The first-order valence-electron chi connectivity index (χ1n) is 6.38. The lowest BCUT2D eigenvalue weighted by atomic mass is 9.90. The van der Waals surface area contributed by atoms with E-state index in [1.165, 1.54) is 10.5 Å². The van der Waals surface area contributed by atoms with E-state index in [0.29, 0.717) is 30.6 Å². The van der Waals surface area contributed by atoms with Gasteiger partial charge in [0.1, 0.15) is 0 Å². The van der Waals surface area contributed by atoms with Crippen LogP contribution in [0.25, 0.3) is 0 Å². The summed E-state index contributed by atoms with van der Waals surface area (Å²) < 4.78 is 26.7. The van der Waals surface area contributed by atoms with Crippen molar-refractivity contribution in [2.24, 2.45) is 17.7 Å². The van der Waals surface area contributed by atoms with Crippen LogP contribution >= 0.6 is 0 Å². The maximum absolute atomic E-state index is 12.6. The summed E-state index contributed by atoms with van der Waals surface area (Å²) in [6.45, 7) is 5.30. The van der Waals surface area contributed by atoms with Crippen LogP contribution in [0.15, 0.2) is 23.4 Å². The number of nitrogen functional groups attached to an aromatic ring is 1. The van der Waals surface area contributed by atoms with Crippen LogP contribution in [0, 0.1) is 11.8 Å². The summed E-state index contributed by atoms with van der Waals surface area (Å²) in [5.74, 6) is 6.25. The van der Waals surface area contributed by atoms with E-state index < -0.39 is 10.0 Å². The van der Waals surface area contributed by atoms with Crippen LogP contribution in [0.5, 0.6) is 0 Å². The minimum atomic E-state index is -3.58. The second-order valence-electron chi connectivity index (χ2n) is 5.11. The first-order valence-corrected chi connectivity index (χ1v) is 7.82. The van der Waals surface area contributed by atoms with Crippen LogP contribution in [0.4, 0.5) is 5.69 Å². The van der Waals surface area contributed by atoms with Gasteiger partial charge in [0, 0.05) is 19.3 Å². The summed E-state index contributed by atoms with van der Waals surface area (Å²) in [6, 6.07) is 3.25. The van der Waals surface area contributed by atoms with Crippen molar-refractivity contribution in [3.8, 4) is 0 Å². The molecule has 1 aliphatic rings. The van der Waals surface area contributed by atoms with E-state index >= 15 is 0 Å². The molecular weight excluding hydrogens is 264 g/mol. The lowest BCUT2D eigenvalue weighted by Gasteiger charge is -2.34. The predicted octanol–water partition coefficient (Wildman–Crippen LogP) is 1.03. The molecule has 19 heavy (non-hydrogen) atoms. The number of hydrazine groups is 1. The van der Waals surface area contributed by atoms with Crippen molar-refractivity contribution in [1.82, 2.24) is 9.29 Å². The lowest BCUT2D eigenvalue weighted by Crippen LogP contribution is -2.42. The van der Waals surface area contributed by atoms with Gasteiger partial charge in [-0.3, -0.25) is 5.84 Å². The van der Waals surface area contributed by atoms with E-state index in [9.17, 15) is 8.42 Å². The summed E-state index contributed by atoms with van der Waals surface area (Å²) in [7, 11) is -3.58. The van der Waals surface area contributed by atoms with Gasteiger partial charge in [-0.2, -0.15) is 4.31 Å². The van der Waals surface area contributed by atoms with Gasteiger partial charge >= 0.3 is 0 Å². The third-order valence-corrected chi connectivity index (χ3v) is 5.63. The van der Waals surface area contributed by atoms with Crippen molar-refractivity contribution in [3.05, 3.63) is 18.3 Å². The molecule has 2 unspecified atom stereocenters. The number of sulfonamides is 1. The molecule has 1 saturated heterocycles. The Kier molecular flexibility index (Phi) is 4.07. The van der Waals surface area contributed by atoms with Crippen LogP contribution in [0.3, 0.4) is 0 Å². The van der Waals surface area contributed by atoms with Gasteiger partial charge in [0.05, 0.1) is 5.69 Å². The average Bonchev–Trinajstić information content (AvgIpc) is 2.41. The SMILES string of the molecule is CC1CCN(S(=O)(=O)c2ncccc2NN)CC1C. The van der Waals surface area contributed by atoms with E-state index in [0.717, 1.165) is 6.42 Å². The fraction of sp³-hybridized carbons (Fsp3) is 0.583. The van der Waals surface area contributed by atoms with Gasteiger partial charge in [0.25, 0.3) is 10.0 Å². The Hall–Kier alpha value is -1.18. The molecule has 2 heterocycles. The predicted molar refractivity (Wildman–Crippen MR) is 73.8 cm³/mol. The van der Waals surface area contributed by atoms with Crippen LogP contribution in [-0.4, -0.2) is 30.8 Å². The fourth-order valence-corrected chi connectivity index (χ4v) is 3.89. The molecule has 0 saturated carbocycles. The van der Waals surface area contributed by atoms with Crippen molar-refractivity contribution >= 4 is 15.7 Å². The summed E-state index contributed by atoms with van der Waals surface area (Å²) in [6.07, 6.45) is 2.34. The highest BCUT2D eigenvalue weighted by atomic mass is 32.2. The van der Waals surface area contributed by atoms with Crippen LogP contribution in [0.2, 0.25) is 0 Å². The molecule has 1 aromatic heterocycles. The number of nitrogens with two attached hydrogens (primary N) is 1. The number of hydrogen-bond donors (Lipinski definition) is 2. The number of aromatic nitrogens is 1. The molecule has 1 aliphatic heterocycles. The molecule has 3 N–H and O–H groups in total. The van der Waals surface area contributed by atoms with Crippen LogP contribution < -0.4 is 11.3 Å². The molecule has 0 aromatic carbocycles. The topological polar surface area (TPSA) is 88.3 Å². The van der Waals surface area contributed by atoms with Gasteiger partial charge in [-0.05, 0) is 30.4 Å². The number of anilines is 1. The minimum Gasteiger partial charge on any atom is -0.321 e. The van der Waals surface area contributed by atoms with Gasteiger partial charge in [-0.15, -0.1) is 0 Å². The number of hydrogen-bond acceptors (Lipinski definition) is 5. The maximum atomic E-state index is 12.6. The van der Waals surface area contributed by atoms with Crippen molar-refractivity contribution in [3.63, 3.8) is 0 Å². The zero-order valence-corrected chi connectivity index (χ0v) is 12.0. The van der Waals surface area contributed by atoms with Gasteiger partial charge in [0.2, 0.25) is 0 Å². The molecule has 1 aromatic rings. The number of pyridine rings is 1. The van der Waals surface area contributed by atoms with Crippen molar-refractivity contribution in [2.75, 3.05) is 18.5 Å².